The van der Waals surface area contributed by atoms with Crippen LogP contribution in [-0.2, 0) is 0 Å². The van der Waals surface area contributed by atoms with E-state index in [1.807, 2.05) is 36.4 Å². The van der Waals surface area contributed by atoms with Gasteiger partial charge in [0.2, 0.25) is 0 Å². The molecule has 0 aromatic heterocycles. The van der Waals surface area contributed by atoms with Crippen LogP contribution in [0.3, 0.4) is 0 Å². The SMILES string of the molecule is C=C(CC)CC/C=C(\C)CCC=C(C)C.C=Cc1ccccc1. The van der Waals surface area contributed by atoms with E-state index < -0.39 is 0 Å². The van der Waals surface area contributed by atoms with Gasteiger partial charge in [0.05, 0.1) is 0 Å². The second kappa shape index (κ2) is 13.8. The van der Waals surface area contributed by atoms with Gasteiger partial charge in [0, 0.05) is 0 Å². The first-order chi connectivity index (χ1) is 11.0. The Kier molecular flexibility index (Phi) is 12.7. The smallest absolute Gasteiger partial charge is 0.0263 e. The molecule has 0 radical (unpaired) electrons. The van der Waals surface area contributed by atoms with Crippen molar-refractivity contribution in [2.75, 3.05) is 0 Å². The summed E-state index contributed by atoms with van der Waals surface area (Å²) in [5, 5.41) is 0. The third-order valence-corrected chi connectivity index (χ3v) is 3.62. The predicted molar refractivity (Wildman–Crippen MR) is 108 cm³/mol. The van der Waals surface area contributed by atoms with Crippen LogP contribution in [0.4, 0.5) is 0 Å². The summed E-state index contributed by atoms with van der Waals surface area (Å²) in [4.78, 5) is 0. The molecule has 126 valence electrons. The average molecular weight is 311 g/mol. The maximum atomic E-state index is 4.02. The quantitative estimate of drug-likeness (QED) is 0.430. The van der Waals surface area contributed by atoms with Crippen LogP contribution >= 0.6 is 0 Å². The third kappa shape index (κ3) is 13.6. The molecule has 0 amide bonds. The van der Waals surface area contributed by atoms with Gasteiger partial charge in [0.25, 0.3) is 0 Å². The lowest BCUT2D eigenvalue weighted by atomic mass is 10.1. The second-order valence-corrected chi connectivity index (χ2v) is 6.13. The third-order valence-electron chi connectivity index (χ3n) is 3.62. The summed E-state index contributed by atoms with van der Waals surface area (Å²) in [7, 11) is 0. The molecule has 0 fully saturated rings. The van der Waals surface area contributed by atoms with Gasteiger partial charge in [-0.1, -0.05) is 85.4 Å². The minimum absolute atomic E-state index is 1.12. The molecule has 0 atom stereocenters. The first-order valence-corrected chi connectivity index (χ1v) is 8.62. The van der Waals surface area contributed by atoms with Crippen molar-refractivity contribution in [2.45, 2.75) is 59.8 Å². The van der Waals surface area contributed by atoms with Crippen molar-refractivity contribution in [3.8, 4) is 0 Å². The van der Waals surface area contributed by atoms with Crippen LogP contribution in [-0.4, -0.2) is 0 Å². The van der Waals surface area contributed by atoms with Crippen LogP contribution in [0.15, 0.2) is 72.4 Å². The fourth-order valence-electron chi connectivity index (χ4n) is 1.98. The fourth-order valence-corrected chi connectivity index (χ4v) is 1.98. The van der Waals surface area contributed by atoms with E-state index in [9.17, 15) is 0 Å². The fraction of sp³-hybridized carbons (Fsp3) is 0.391. The van der Waals surface area contributed by atoms with E-state index in [1.54, 1.807) is 0 Å². The predicted octanol–water partition coefficient (Wildman–Crippen LogP) is 7.76. The Labute approximate surface area is 144 Å². The maximum absolute atomic E-state index is 4.02. The van der Waals surface area contributed by atoms with E-state index in [0.717, 1.165) is 19.3 Å². The van der Waals surface area contributed by atoms with E-state index in [4.69, 9.17) is 0 Å². The standard InChI is InChI=1S/C15H26.C8H8/c1-6-14(4)10-8-12-15(5)11-7-9-13(2)3;1-2-8-6-4-3-5-7-8/h9,12H,4,6-8,10-11H2,1-3,5H3;2-7H,1H2/b15-12+;. The summed E-state index contributed by atoms with van der Waals surface area (Å²) in [6.07, 6.45) is 12.3. The molecule has 1 aromatic carbocycles. The van der Waals surface area contributed by atoms with Crippen LogP contribution in [0.1, 0.15) is 65.4 Å². The lowest BCUT2D eigenvalue weighted by Gasteiger charge is -2.01. The lowest BCUT2D eigenvalue weighted by Crippen LogP contribution is -1.81. The number of rotatable bonds is 8. The molecule has 1 aromatic rings. The molecule has 0 aliphatic carbocycles. The van der Waals surface area contributed by atoms with Crippen molar-refractivity contribution in [1.82, 2.24) is 0 Å². The second-order valence-electron chi connectivity index (χ2n) is 6.13. The molecule has 23 heavy (non-hydrogen) atoms. The van der Waals surface area contributed by atoms with Gasteiger partial charge in [-0.15, -0.1) is 0 Å². The molecule has 0 spiro atoms. The zero-order valence-corrected chi connectivity index (χ0v) is 15.6. The first kappa shape index (κ1) is 21.2. The largest absolute Gasteiger partial charge is 0.0999 e. The van der Waals surface area contributed by atoms with Crippen molar-refractivity contribution in [1.29, 1.82) is 0 Å². The molecule has 0 saturated carbocycles. The van der Waals surface area contributed by atoms with Gasteiger partial charge in [-0.05, 0) is 58.4 Å². The van der Waals surface area contributed by atoms with Gasteiger partial charge in [0.15, 0.2) is 0 Å². The van der Waals surface area contributed by atoms with Crippen LogP contribution < -0.4 is 0 Å². The molecule has 0 aliphatic heterocycles. The molecule has 0 N–H and O–H groups in total. The van der Waals surface area contributed by atoms with Gasteiger partial charge < -0.3 is 0 Å². The van der Waals surface area contributed by atoms with Crippen molar-refractivity contribution in [3.05, 3.63) is 77.9 Å². The molecule has 0 aliphatic rings. The Morgan fingerprint density at radius 3 is 2.04 bits per heavy atom. The molecule has 0 unspecified atom stereocenters. The van der Waals surface area contributed by atoms with Crippen LogP contribution in [0.5, 0.6) is 0 Å². The van der Waals surface area contributed by atoms with E-state index in [1.165, 1.54) is 35.1 Å². The molecule has 1 rings (SSSR count). The molecule has 0 bridgehead atoms. The summed E-state index contributed by atoms with van der Waals surface area (Å²) in [5.41, 5.74) is 5.47. The zero-order valence-electron chi connectivity index (χ0n) is 15.6. The highest BCUT2D eigenvalue weighted by molar-refractivity contribution is 5.45. The van der Waals surface area contributed by atoms with Crippen molar-refractivity contribution < 1.29 is 0 Å². The van der Waals surface area contributed by atoms with Gasteiger partial charge in [0.1, 0.15) is 0 Å². The Morgan fingerprint density at radius 1 is 0.957 bits per heavy atom. The zero-order chi connectivity index (χ0) is 17.5. The topological polar surface area (TPSA) is 0 Å². The van der Waals surface area contributed by atoms with Crippen molar-refractivity contribution in [3.63, 3.8) is 0 Å². The lowest BCUT2D eigenvalue weighted by molar-refractivity contribution is 0.889. The summed E-state index contributed by atoms with van der Waals surface area (Å²) in [5.74, 6) is 0. The molecule has 0 heterocycles. The molecule has 0 saturated heterocycles. The highest BCUT2D eigenvalue weighted by Gasteiger charge is 1.91. The Bertz CT molecular complexity index is 496. The van der Waals surface area contributed by atoms with E-state index >= 15 is 0 Å². The summed E-state index contributed by atoms with van der Waals surface area (Å²) in [6.45, 7) is 16.4. The van der Waals surface area contributed by atoms with Crippen molar-refractivity contribution in [2.24, 2.45) is 0 Å². The Hall–Kier alpha value is -1.82. The Balaban J connectivity index is 0.000000502. The molecular weight excluding hydrogens is 276 g/mol. The number of hydrogen-bond donors (Lipinski definition) is 0. The highest BCUT2D eigenvalue weighted by atomic mass is 14.0. The van der Waals surface area contributed by atoms with E-state index in [-0.39, 0.29) is 0 Å². The monoisotopic (exact) mass is 310 g/mol. The van der Waals surface area contributed by atoms with E-state index in [0.29, 0.717) is 0 Å². The van der Waals surface area contributed by atoms with Crippen LogP contribution in [0, 0.1) is 0 Å². The number of hydrogen-bond acceptors (Lipinski definition) is 0. The molecule has 0 heteroatoms. The number of allylic oxidation sites excluding steroid dienone is 5. The van der Waals surface area contributed by atoms with Crippen molar-refractivity contribution >= 4 is 6.08 Å². The van der Waals surface area contributed by atoms with Gasteiger partial charge in [-0.25, -0.2) is 0 Å². The van der Waals surface area contributed by atoms with Crippen LogP contribution in [0.25, 0.3) is 6.08 Å². The Morgan fingerprint density at radius 2 is 1.57 bits per heavy atom. The summed E-state index contributed by atoms with van der Waals surface area (Å²) >= 11 is 0. The van der Waals surface area contributed by atoms with Gasteiger partial charge >= 0.3 is 0 Å². The molecular formula is C23H34. The van der Waals surface area contributed by atoms with Gasteiger partial charge in [-0.3, -0.25) is 0 Å². The minimum Gasteiger partial charge on any atom is -0.0999 e. The van der Waals surface area contributed by atoms with Gasteiger partial charge in [-0.2, -0.15) is 0 Å². The summed E-state index contributed by atoms with van der Waals surface area (Å²) < 4.78 is 0. The minimum atomic E-state index is 1.12. The normalized spacial score (nSPS) is 10.3. The first-order valence-electron chi connectivity index (χ1n) is 8.62. The maximum Gasteiger partial charge on any atom is -0.0263 e. The molecule has 0 nitrogen and oxygen atoms in total. The summed E-state index contributed by atoms with van der Waals surface area (Å²) in [6, 6.07) is 10.0. The van der Waals surface area contributed by atoms with E-state index in [2.05, 4.69) is 53.0 Å². The van der Waals surface area contributed by atoms with Crippen LogP contribution in [0.2, 0.25) is 0 Å². The highest BCUT2D eigenvalue weighted by Crippen LogP contribution is 2.11. The average Bonchev–Trinajstić information content (AvgIpc) is 2.55. The number of benzene rings is 1.